The van der Waals surface area contributed by atoms with Crippen molar-refractivity contribution in [2.24, 2.45) is 0 Å². The molecule has 1 heteroatoms. The van der Waals surface area contributed by atoms with Gasteiger partial charge in [0.2, 0.25) is 0 Å². The molecule has 0 fully saturated rings. The monoisotopic (exact) mass is 945 g/mol. The summed E-state index contributed by atoms with van der Waals surface area (Å²) in [7, 11) is 0. The number of hydrogen-bond acceptors (Lipinski definition) is 1. The maximum atomic E-state index is 4.31. The maximum Gasteiger partial charge on any atom is -0.00979 e. The van der Waals surface area contributed by atoms with Crippen LogP contribution in [0, 0.1) is 0 Å². The van der Waals surface area contributed by atoms with Gasteiger partial charge in [-0.2, -0.15) is 12.6 Å². The summed E-state index contributed by atoms with van der Waals surface area (Å²) < 4.78 is 0. The van der Waals surface area contributed by atoms with E-state index >= 15 is 0 Å². The molecule has 0 saturated carbocycles. The van der Waals surface area contributed by atoms with Crippen molar-refractivity contribution in [3.8, 4) is 0 Å². The molecule has 0 aromatic carbocycles. The van der Waals surface area contributed by atoms with Crippen molar-refractivity contribution in [1.29, 1.82) is 0 Å². The predicted molar refractivity (Wildman–Crippen MR) is 310 cm³/mol. The van der Waals surface area contributed by atoms with Crippen molar-refractivity contribution < 1.29 is 0 Å². The molecule has 0 saturated heterocycles. The summed E-state index contributed by atoms with van der Waals surface area (Å²) >= 11 is 4.31. The molecule has 0 heterocycles. The maximum absolute atomic E-state index is 4.31. The lowest BCUT2D eigenvalue weighted by Crippen LogP contribution is -1.85. The molecule has 0 radical (unpaired) electrons. The highest BCUT2D eigenvalue weighted by Crippen LogP contribution is 2.20. The van der Waals surface area contributed by atoms with Gasteiger partial charge in [0.1, 0.15) is 0 Å². The Morgan fingerprint density at radius 3 is 0.273 bits per heavy atom. The molecule has 0 amide bonds. The van der Waals surface area contributed by atoms with Crippen LogP contribution in [0.5, 0.6) is 0 Å². The van der Waals surface area contributed by atoms with Gasteiger partial charge in [0.05, 0.1) is 0 Å². The summed E-state index contributed by atoms with van der Waals surface area (Å²) in [5.41, 5.74) is 0. The topological polar surface area (TPSA) is 0 Å². The lowest BCUT2D eigenvalue weighted by molar-refractivity contribution is 0.506. The van der Waals surface area contributed by atoms with Crippen LogP contribution in [-0.4, -0.2) is 5.75 Å². The summed E-state index contributed by atoms with van der Waals surface area (Å²) in [4.78, 5) is 0. The van der Waals surface area contributed by atoms with E-state index in [1.54, 1.807) is 0 Å². The molecule has 0 aliphatic rings. The molecular weight excluding hydrogens is 813 g/mol. The third-order valence-electron chi connectivity index (χ3n) is 15.8. The van der Waals surface area contributed by atoms with Gasteiger partial charge in [-0.15, -0.1) is 0 Å². The van der Waals surface area contributed by atoms with Gasteiger partial charge in [-0.05, 0) is 12.2 Å². The van der Waals surface area contributed by atoms with E-state index in [-0.39, 0.29) is 0 Å². The normalized spacial score (nSPS) is 11.7. The quantitative estimate of drug-likeness (QED) is 0.0456. The average molecular weight is 946 g/mol. The van der Waals surface area contributed by atoms with Gasteiger partial charge in [-0.3, -0.25) is 0 Å². The SMILES string of the molecule is CCCCCCCCCCCCCCCCCCCCCCCCCCCCCCCCCCCCCCCCCCCCCCCCCCCCCCCCCCCCCCCCCS. The molecule has 0 aromatic rings. The standard InChI is InChI=1S/C65H132S/c1-2-3-4-5-6-7-8-9-10-11-12-13-14-15-16-17-18-19-20-21-22-23-24-25-26-27-28-29-30-31-32-33-34-35-36-37-38-39-40-41-42-43-44-45-46-47-48-49-50-51-52-53-54-55-56-57-58-59-60-61-62-63-64-65-66/h66H,2-65H2,1H3. The fourth-order valence-electron chi connectivity index (χ4n) is 11.0. The number of hydrogen-bond donors (Lipinski definition) is 1. The van der Waals surface area contributed by atoms with Crippen LogP contribution in [-0.2, 0) is 0 Å². The second kappa shape index (κ2) is 65.3. The second-order valence-electron chi connectivity index (χ2n) is 22.6. The molecule has 398 valence electrons. The zero-order valence-electron chi connectivity index (χ0n) is 46.7. The van der Waals surface area contributed by atoms with Gasteiger partial charge in [-0.1, -0.05) is 405 Å². The van der Waals surface area contributed by atoms with Crippen molar-refractivity contribution in [3.05, 3.63) is 0 Å². The van der Waals surface area contributed by atoms with Gasteiger partial charge >= 0.3 is 0 Å². The van der Waals surface area contributed by atoms with E-state index in [1.165, 1.54) is 405 Å². The zero-order chi connectivity index (χ0) is 47.3. The molecule has 0 rings (SSSR count). The van der Waals surface area contributed by atoms with E-state index < -0.39 is 0 Å². The van der Waals surface area contributed by atoms with Crippen molar-refractivity contribution in [2.75, 3.05) is 5.75 Å². The molecule has 66 heavy (non-hydrogen) atoms. The van der Waals surface area contributed by atoms with Crippen LogP contribution in [0.1, 0.15) is 411 Å². The Morgan fingerprint density at radius 2 is 0.197 bits per heavy atom. The van der Waals surface area contributed by atoms with E-state index in [9.17, 15) is 0 Å². The minimum atomic E-state index is 1.07. The second-order valence-corrected chi connectivity index (χ2v) is 23.1. The van der Waals surface area contributed by atoms with Crippen LogP contribution in [0.25, 0.3) is 0 Å². The van der Waals surface area contributed by atoms with E-state index in [0.717, 1.165) is 5.75 Å². The van der Waals surface area contributed by atoms with Crippen LogP contribution < -0.4 is 0 Å². The Bertz CT molecular complexity index is 711. The van der Waals surface area contributed by atoms with Crippen LogP contribution in [0.3, 0.4) is 0 Å². The largest absolute Gasteiger partial charge is 0.179 e. The van der Waals surface area contributed by atoms with E-state index in [1.807, 2.05) is 0 Å². The Kier molecular flexibility index (Phi) is 65.7. The van der Waals surface area contributed by atoms with Crippen molar-refractivity contribution in [2.45, 2.75) is 411 Å². The lowest BCUT2D eigenvalue weighted by Gasteiger charge is -2.05. The third kappa shape index (κ3) is 64.3. The van der Waals surface area contributed by atoms with Crippen LogP contribution >= 0.6 is 12.6 Å². The highest BCUT2D eigenvalue weighted by Gasteiger charge is 2.00. The minimum Gasteiger partial charge on any atom is -0.179 e. The van der Waals surface area contributed by atoms with E-state index in [2.05, 4.69) is 19.6 Å². The van der Waals surface area contributed by atoms with Crippen LogP contribution in [0.15, 0.2) is 0 Å². The van der Waals surface area contributed by atoms with E-state index in [0.29, 0.717) is 0 Å². The summed E-state index contributed by atoms with van der Waals surface area (Å²) in [6.07, 6.45) is 93.5. The Hall–Kier alpha value is 0.350. The Balaban J connectivity index is 3.06. The summed E-state index contributed by atoms with van der Waals surface area (Å²) in [6.45, 7) is 2.31. The van der Waals surface area contributed by atoms with Gasteiger partial charge in [-0.25, -0.2) is 0 Å². The first-order chi connectivity index (χ1) is 32.9. The van der Waals surface area contributed by atoms with Gasteiger partial charge in [0.25, 0.3) is 0 Å². The molecule has 0 aromatic heterocycles. The molecule has 0 atom stereocenters. The molecule has 0 aliphatic heterocycles. The molecule has 0 N–H and O–H groups in total. The van der Waals surface area contributed by atoms with Crippen LogP contribution in [0.2, 0.25) is 0 Å². The lowest BCUT2D eigenvalue weighted by atomic mass is 10.0. The minimum absolute atomic E-state index is 1.07. The first kappa shape index (κ1) is 66.3. The highest BCUT2D eigenvalue weighted by atomic mass is 32.1. The molecule has 0 unspecified atom stereocenters. The smallest absolute Gasteiger partial charge is 0.00979 e. The van der Waals surface area contributed by atoms with Crippen molar-refractivity contribution in [3.63, 3.8) is 0 Å². The first-order valence-electron chi connectivity index (χ1n) is 32.5. The van der Waals surface area contributed by atoms with Crippen molar-refractivity contribution >= 4 is 12.6 Å². The summed E-state index contributed by atoms with van der Waals surface area (Å²) in [5, 5.41) is 0. The Labute approximate surface area is 427 Å². The van der Waals surface area contributed by atoms with Gasteiger partial charge < -0.3 is 0 Å². The average Bonchev–Trinajstić information content (AvgIpc) is 3.33. The summed E-state index contributed by atoms with van der Waals surface area (Å²) in [5.74, 6) is 1.07. The van der Waals surface area contributed by atoms with E-state index in [4.69, 9.17) is 0 Å². The van der Waals surface area contributed by atoms with Gasteiger partial charge in [0.15, 0.2) is 0 Å². The number of thiol groups is 1. The zero-order valence-corrected chi connectivity index (χ0v) is 47.6. The highest BCUT2D eigenvalue weighted by molar-refractivity contribution is 7.80. The van der Waals surface area contributed by atoms with Gasteiger partial charge in [0, 0.05) is 0 Å². The fourth-order valence-corrected chi connectivity index (χ4v) is 11.2. The molecule has 0 bridgehead atoms. The molecule has 0 nitrogen and oxygen atoms in total. The summed E-state index contributed by atoms with van der Waals surface area (Å²) in [6, 6.07) is 0. The predicted octanol–water partition coefficient (Wildman–Crippen LogP) is 25.5. The van der Waals surface area contributed by atoms with Crippen molar-refractivity contribution in [1.82, 2.24) is 0 Å². The third-order valence-corrected chi connectivity index (χ3v) is 16.1. The molecule has 0 spiro atoms. The van der Waals surface area contributed by atoms with Crippen LogP contribution in [0.4, 0.5) is 0 Å². The first-order valence-corrected chi connectivity index (χ1v) is 33.2. The Morgan fingerprint density at radius 1 is 0.121 bits per heavy atom. The molecular formula is C65H132S. The number of rotatable bonds is 63. The molecule has 0 aliphatic carbocycles. The number of unbranched alkanes of at least 4 members (excludes halogenated alkanes) is 62. The fraction of sp³-hybridized carbons (Fsp3) is 1.00.